The molecular formula is C36H37F5N4O2S. The lowest BCUT2D eigenvalue weighted by Gasteiger charge is -2.28. The van der Waals surface area contributed by atoms with Crippen LogP contribution in [0.5, 0.6) is 0 Å². The molecule has 1 amide bonds. The Morgan fingerprint density at radius 3 is 2.21 bits per heavy atom. The van der Waals surface area contributed by atoms with E-state index in [1.54, 1.807) is 21.2 Å². The smallest absolute Gasteiger partial charge is 0.336 e. The van der Waals surface area contributed by atoms with Crippen LogP contribution >= 0.6 is 11.8 Å². The highest BCUT2D eigenvalue weighted by Crippen LogP contribution is 2.31. The van der Waals surface area contributed by atoms with Gasteiger partial charge < -0.3 is 14.4 Å². The quantitative estimate of drug-likeness (QED) is 0.141. The molecule has 5 rings (SSSR count). The zero-order valence-electron chi connectivity index (χ0n) is 26.8. The number of carbonyl (C=O) groups excluding carboxylic acids is 1. The molecule has 1 aliphatic heterocycles. The predicted octanol–water partition coefficient (Wildman–Crippen LogP) is 7.11. The van der Waals surface area contributed by atoms with E-state index in [2.05, 4.69) is 23.7 Å². The Morgan fingerprint density at radius 2 is 1.56 bits per heavy atom. The summed E-state index contributed by atoms with van der Waals surface area (Å²) in [5.74, 6) is -0.696. The van der Waals surface area contributed by atoms with Crippen molar-refractivity contribution < 1.29 is 26.7 Å². The summed E-state index contributed by atoms with van der Waals surface area (Å²) in [6, 6.07) is 16.3. The van der Waals surface area contributed by atoms with Crippen molar-refractivity contribution in [2.24, 2.45) is 0 Å². The van der Waals surface area contributed by atoms with Crippen LogP contribution in [0.4, 0.5) is 22.0 Å². The lowest BCUT2D eigenvalue weighted by atomic mass is 10.0. The van der Waals surface area contributed by atoms with E-state index in [-0.39, 0.29) is 36.4 Å². The zero-order valence-corrected chi connectivity index (χ0v) is 27.6. The minimum absolute atomic E-state index is 0.0704. The SMILES string of the molecule is CCN(CC)CCN(Cc1ccc(-c2ccc(C(F)(F)F)cc2)cc1)C(=O)Cn1c(CCc2cccc(F)c2F)nc(=O)c2c1CSC2. The van der Waals surface area contributed by atoms with Crippen molar-refractivity contribution in [3.8, 4) is 11.1 Å². The molecule has 254 valence electrons. The molecule has 4 aromatic rings. The average molecular weight is 685 g/mol. The van der Waals surface area contributed by atoms with Gasteiger partial charge in [0, 0.05) is 48.8 Å². The van der Waals surface area contributed by atoms with Crippen molar-refractivity contribution in [3.63, 3.8) is 0 Å². The Kier molecular flexibility index (Phi) is 11.4. The lowest BCUT2D eigenvalue weighted by molar-refractivity contribution is -0.137. The highest BCUT2D eigenvalue weighted by Gasteiger charge is 2.30. The molecular weight excluding hydrogens is 647 g/mol. The standard InChI is InChI=1S/C36H37F5N4O2S/c1-3-43(4-2)18-19-44(20-24-8-10-25(11-9-24)26-12-15-28(16-13-26)36(39,40)41)33(46)21-45-31-23-48-22-29(31)35(47)42-32(45)17-14-27-6-5-7-30(37)34(27)38/h5-13,15-16H,3-4,14,17-23H2,1-2H3. The van der Waals surface area contributed by atoms with E-state index in [1.165, 1.54) is 24.3 Å². The molecule has 1 aromatic heterocycles. The van der Waals surface area contributed by atoms with Gasteiger partial charge >= 0.3 is 6.18 Å². The molecule has 3 aromatic carbocycles. The summed E-state index contributed by atoms with van der Waals surface area (Å²) >= 11 is 1.56. The van der Waals surface area contributed by atoms with Gasteiger partial charge in [0.05, 0.1) is 5.56 Å². The maximum absolute atomic E-state index is 14.4. The van der Waals surface area contributed by atoms with E-state index in [9.17, 15) is 31.5 Å². The van der Waals surface area contributed by atoms with Crippen LogP contribution in [0.1, 0.15) is 47.6 Å². The van der Waals surface area contributed by atoms with E-state index in [0.29, 0.717) is 48.1 Å². The Balaban J connectivity index is 1.39. The minimum atomic E-state index is -4.41. The number of halogens is 5. The van der Waals surface area contributed by atoms with Gasteiger partial charge in [-0.15, -0.1) is 0 Å². The van der Waals surface area contributed by atoms with Gasteiger partial charge in [0.25, 0.3) is 5.56 Å². The maximum atomic E-state index is 14.4. The first-order valence-electron chi connectivity index (χ1n) is 15.9. The second-order valence-corrected chi connectivity index (χ2v) is 12.7. The van der Waals surface area contributed by atoms with Gasteiger partial charge in [-0.05, 0) is 60.0 Å². The molecule has 6 nitrogen and oxygen atoms in total. The van der Waals surface area contributed by atoms with Crippen molar-refractivity contribution >= 4 is 17.7 Å². The number of thioether (sulfide) groups is 1. The molecule has 0 spiro atoms. The van der Waals surface area contributed by atoms with E-state index < -0.39 is 23.4 Å². The van der Waals surface area contributed by atoms with Crippen molar-refractivity contribution in [1.82, 2.24) is 19.4 Å². The van der Waals surface area contributed by atoms with Gasteiger partial charge in [-0.3, -0.25) is 9.59 Å². The largest absolute Gasteiger partial charge is 0.416 e. The molecule has 2 heterocycles. The lowest BCUT2D eigenvalue weighted by Crippen LogP contribution is -2.40. The Morgan fingerprint density at radius 1 is 0.896 bits per heavy atom. The summed E-state index contributed by atoms with van der Waals surface area (Å²) in [4.78, 5) is 35.3. The fourth-order valence-electron chi connectivity index (χ4n) is 5.82. The van der Waals surface area contributed by atoms with Gasteiger partial charge in [-0.1, -0.05) is 62.4 Å². The predicted molar refractivity (Wildman–Crippen MR) is 177 cm³/mol. The highest BCUT2D eigenvalue weighted by atomic mass is 32.2. The number of amides is 1. The van der Waals surface area contributed by atoms with Crippen LogP contribution in [0.15, 0.2) is 71.5 Å². The van der Waals surface area contributed by atoms with Crippen LogP contribution in [-0.4, -0.2) is 51.4 Å². The number of hydrogen-bond donors (Lipinski definition) is 0. The van der Waals surface area contributed by atoms with Gasteiger partial charge in [-0.25, -0.2) is 8.78 Å². The molecule has 0 atom stereocenters. The van der Waals surface area contributed by atoms with E-state index in [0.717, 1.165) is 48.1 Å². The zero-order chi connectivity index (χ0) is 34.4. The molecule has 0 radical (unpaired) electrons. The summed E-state index contributed by atoms with van der Waals surface area (Å²) in [5.41, 5.74) is 2.62. The maximum Gasteiger partial charge on any atom is 0.416 e. The summed E-state index contributed by atoms with van der Waals surface area (Å²) in [7, 11) is 0. The molecule has 0 bridgehead atoms. The van der Waals surface area contributed by atoms with Crippen LogP contribution in [0.25, 0.3) is 11.1 Å². The summed E-state index contributed by atoms with van der Waals surface area (Å²) < 4.78 is 69.1. The van der Waals surface area contributed by atoms with Gasteiger partial charge in [0.1, 0.15) is 12.4 Å². The summed E-state index contributed by atoms with van der Waals surface area (Å²) in [6.07, 6.45) is -4.16. The second-order valence-electron chi connectivity index (χ2n) is 11.7. The first-order chi connectivity index (χ1) is 23.0. The van der Waals surface area contributed by atoms with Gasteiger partial charge in [-0.2, -0.15) is 29.9 Å². The Hall–Kier alpha value is -4.03. The van der Waals surface area contributed by atoms with E-state index in [4.69, 9.17) is 0 Å². The van der Waals surface area contributed by atoms with Crippen molar-refractivity contribution in [1.29, 1.82) is 0 Å². The Bertz CT molecular complexity index is 1790. The summed E-state index contributed by atoms with van der Waals surface area (Å²) in [6.45, 7) is 7.04. The first-order valence-corrected chi connectivity index (χ1v) is 17.0. The number of nitrogens with zero attached hydrogens (tertiary/aromatic N) is 4. The van der Waals surface area contributed by atoms with Crippen molar-refractivity contribution in [2.75, 3.05) is 26.2 Å². The number of likely N-dealkylation sites (N-methyl/N-ethyl adjacent to an activating group) is 1. The number of carbonyl (C=O) groups is 1. The topological polar surface area (TPSA) is 58.4 Å². The molecule has 12 heteroatoms. The van der Waals surface area contributed by atoms with Crippen molar-refractivity contribution in [3.05, 3.63) is 122 Å². The van der Waals surface area contributed by atoms with Crippen molar-refractivity contribution in [2.45, 2.75) is 57.5 Å². The highest BCUT2D eigenvalue weighted by molar-refractivity contribution is 7.98. The minimum Gasteiger partial charge on any atom is -0.336 e. The number of aromatic nitrogens is 2. The third-order valence-corrected chi connectivity index (χ3v) is 9.68. The van der Waals surface area contributed by atoms with Crippen LogP contribution in [0, 0.1) is 11.6 Å². The second kappa shape index (κ2) is 15.5. The van der Waals surface area contributed by atoms with Gasteiger partial charge in [0.15, 0.2) is 11.6 Å². The summed E-state index contributed by atoms with van der Waals surface area (Å²) in [5, 5.41) is 0. The van der Waals surface area contributed by atoms with Crippen LogP contribution in [-0.2, 0) is 48.4 Å². The van der Waals surface area contributed by atoms with Crippen LogP contribution in [0.3, 0.4) is 0 Å². The fraction of sp³-hybridized carbons (Fsp3) is 0.361. The molecule has 0 aliphatic carbocycles. The van der Waals surface area contributed by atoms with Crippen LogP contribution < -0.4 is 5.56 Å². The third-order valence-electron chi connectivity index (χ3n) is 8.71. The Labute approximate surface area is 280 Å². The number of fused-ring (bicyclic) bond motifs is 1. The number of alkyl halides is 3. The average Bonchev–Trinajstić information content (AvgIpc) is 3.58. The molecule has 0 saturated heterocycles. The third kappa shape index (κ3) is 8.33. The molecule has 0 saturated carbocycles. The van der Waals surface area contributed by atoms with E-state index >= 15 is 0 Å². The van der Waals surface area contributed by atoms with Crippen LogP contribution in [0.2, 0.25) is 0 Å². The molecule has 0 unspecified atom stereocenters. The number of rotatable bonds is 13. The molecule has 1 aliphatic rings. The normalized spacial score (nSPS) is 12.8. The van der Waals surface area contributed by atoms with Gasteiger partial charge in [0.2, 0.25) is 5.91 Å². The molecule has 48 heavy (non-hydrogen) atoms. The fourth-order valence-corrected chi connectivity index (χ4v) is 6.94. The molecule has 0 N–H and O–H groups in total. The number of aryl methyl sites for hydroxylation is 2. The first kappa shape index (κ1) is 35.3. The monoisotopic (exact) mass is 684 g/mol. The number of benzene rings is 3. The number of hydrogen-bond acceptors (Lipinski definition) is 5. The van der Waals surface area contributed by atoms with E-state index in [1.807, 2.05) is 24.3 Å². The molecule has 0 fully saturated rings.